The Morgan fingerprint density at radius 2 is 0.957 bits per heavy atom. The molecule has 0 saturated heterocycles. The number of hydrogen-bond acceptors (Lipinski definition) is 18. The van der Waals surface area contributed by atoms with Crippen LogP contribution in [0.15, 0.2) is 219 Å². The minimum Gasteiger partial charge on any atom is -0.497 e. The molecule has 12 rings (SSSR count). The first-order valence-electron chi connectivity index (χ1n) is 26.9. The molecule has 0 fully saturated rings. The fourth-order valence-electron chi connectivity index (χ4n) is 9.17. The molecule has 0 aliphatic rings. The number of ether oxygens (including phenoxy) is 2. The van der Waals surface area contributed by atoms with Gasteiger partial charge < -0.3 is 40.3 Å². The van der Waals surface area contributed by atoms with Crippen molar-refractivity contribution < 1.29 is 40.5 Å². The molecule has 0 spiro atoms. The average molecular weight is 1320 g/mol. The van der Waals surface area contributed by atoms with Crippen molar-refractivity contribution in [1.29, 1.82) is 0 Å². The maximum absolute atomic E-state index is 13.7. The second-order valence-electron chi connectivity index (χ2n) is 18.9. The van der Waals surface area contributed by atoms with Gasteiger partial charge in [0, 0.05) is 82.3 Å². The third-order valence-corrected chi connectivity index (χ3v) is 13.9. The quantitative estimate of drug-likeness (QED) is 0.0516. The number of rotatable bonds is 16. The lowest BCUT2D eigenvalue weighted by Crippen LogP contribution is -2.04. The van der Waals surface area contributed by atoms with Gasteiger partial charge in [-0.15, -0.1) is 0 Å². The number of nitro benzene ring substituents is 2. The standard InChI is InChI=1S/C32H25ClN6O3.C24H15ClFN5O2.C8H11NO.CH4.2O2S/c1-42-24-14-11-21(12-15-24)18-34-28-16-13-22(17-30(28)39(40)41)36-32-35-19-27(33)31(37-32)26-20-38(23-7-3-2-4-8-23)29-10-6-5-9-25(26)29;25-19-13-27-24(28-15-10-11-20(26)22(12-15)31(32)33)29-23(19)18-14-30(16-6-2-1-3-7-16)21-9-5-4-8-17(18)21;1-10-8-4-2-7(6-9)3-5-8;;2*1-3-2/h2-17,19-20,34H,18H2,1H3,(H,35,36,37);1-14H,(H,27,28,29);2-5H,6,9H2,1H3;1H4;;. The second kappa shape index (κ2) is 33.5. The highest BCUT2D eigenvalue weighted by Gasteiger charge is 2.21. The normalized spacial score (nSPS) is 10.2. The Morgan fingerprint density at radius 1 is 0.554 bits per heavy atom. The highest BCUT2D eigenvalue weighted by Crippen LogP contribution is 2.38. The predicted octanol–water partition coefficient (Wildman–Crippen LogP) is 15.0. The van der Waals surface area contributed by atoms with Crippen LogP contribution >= 0.6 is 23.2 Å². The third kappa shape index (κ3) is 17.4. The van der Waals surface area contributed by atoms with Gasteiger partial charge in [0.1, 0.15) is 17.2 Å². The van der Waals surface area contributed by atoms with Crippen molar-refractivity contribution in [2.24, 2.45) is 5.73 Å². The first-order chi connectivity index (χ1) is 44.2. The van der Waals surface area contributed by atoms with Gasteiger partial charge in [-0.1, -0.05) is 128 Å². The van der Waals surface area contributed by atoms with Gasteiger partial charge in [0.15, 0.2) is 0 Å². The maximum Gasteiger partial charge on any atom is 0.335 e. The predicted molar refractivity (Wildman–Crippen MR) is 357 cm³/mol. The van der Waals surface area contributed by atoms with E-state index in [9.17, 15) is 24.6 Å². The van der Waals surface area contributed by atoms with Gasteiger partial charge in [0.25, 0.3) is 5.69 Å². The largest absolute Gasteiger partial charge is 0.497 e. The number of methoxy groups -OCH3 is 2. The molecule has 0 atom stereocenters. The van der Waals surface area contributed by atoms with Gasteiger partial charge in [-0.3, -0.25) is 20.2 Å². The van der Waals surface area contributed by atoms with Gasteiger partial charge in [-0.25, -0.2) is 19.9 Å². The van der Waals surface area contributed by atoms with E-state index in [-0.39, 0.29) is 30.7 Å². The van der Waals surface area contributed by atoms with Crippen LogP contribution in [-0.2, 0) is 36.2 Å². The minimum absolute atomic E-state index is 0. The maximum atomic E-state index is 13.7. The molecule has 5 N–H and O–H groups in total. The van der Waals surface area contributed by atoms with Crippen LogP contribution < -0.4 is 31.2 Å². The first-order valence-corrected chi connectivity index (χ1v) is 29.0. The van der Waals surface area contributed by atoms with Crippen LogP contribution in [-0.4, -0.2) is 70.0 Å². The number of fused-ring (bicyclic) bond motifs is 2. The molecule has 0 amide bonds. The molecule has 0 aliphatic carbocycles. The minimum atomic E-state index is -0.919. The van der Waals surface area contributed by atoms with Crippen LogP contribution in [0, 0.1) is 26.0 Å². The molecule has 0 bridgehead atoms. The van der Waals surface area contributed by atoms with E-state index < -0.39 is 44.5 Å². The van der Waals surface area contributed by atoms with Crippen molar-refractivity contribution >= 4 is 108 Å². The van der Waals surface area contributed by atoms with Crippen LogP contribution in [0.4, 0.5) is 44.7 Å². The molecule has 12 aromatic rings. The summed E-state index contributed by atoms with van der Waals surface area (Å²) in [6.45, 7) is 1.00. The number of halogens is 3. The Bertz CT molecular complexity index is 4530. The number of nitro groups is 2. The summed E-state index contributed by atoms with van der Waals surface area (Å²) in [5.41, 5.74) is 14.6. The topological polar surface area (TPSA) is 297 Å². The van der Waals surface area contributed by atoms with Crippen molar-refractivity contribution in [3.63, 3.8) is 0 Å². The lowest BCUT2D eigenvalue weighted by molar-refractivity contribution is -0.387. The molecular formula is C65H55Cl2FN12O10S2. The van der Waals surface area contributed by atoms with Crippen LogP contribution in [0.2, 0.25) is 10.0 Å². The summed E-state index contributed by atoms with van der Waals surface area (Å²) in [5, 5.41) is 34.8. The van der Waals surface area contributed by atoms with Crippen LogP contribution in [0.1, 0.15) is 18.6 Å². The van der Waals surface area contributed by atoms with Gasteiger partial charge in [-0.2, -0.15) is 21.2 Å². The molecule has 0 aliphatic heterocycles. The van der Waals surface area contributed by atoms with Gasteiger partial charge in [0.05, 0.1) is 68.9 Å². The van der Waals surface area contributed by atoms with Crippen LogP contribution in [0.3, 0.4) is 0 Å². The fourth-order valence-corrected chi connectivity index (χ4v) is 9.56. The summed E-state index contributed by atoms with van der Waals surface area (Å²) in [6.07, 6.45) is 6.95. The number of anilines is 5. The summed E-state index contributed by atoms with van der Waals surface area (Å²) < 4.78 is 61.1. The molecule has 8 aromatic carbocycles. The zero-order valence-electron chi connectivity index (χ0n) is 47.9. The summed E-state index contributed by atoms with van der Waals surface area (Å²) in [4.78, 5) is 39.5. The summed E-state index contributed by atoms with van der Waals surface area (Å²) in [7, 11) is 3.25. The molecule has 4 aromatic heterocycles. The number of para-hydroxylation sites is 4. The molecule has 22 nitrogen and oxygen atoms in total. The zero-order valence-corrected chi connectivity index (χ0v) is 51.0. The Labute approximate surface area is 543 Å². The molecule has 0 saturated carbocycles. The van der Waals surface area contributed by atoms with E-state index in [0.717, 1.165) is 79.1 Å². The monoisotopic (exact) mass is 1320 g/mol. The third-order valence-electron chi connectivity index (χ3n) is 13.4. The number of aromatic nitrogens is 6. The molecule has 468 valence electrons. The van der Waals surface area contributed by atoms with E-state index in [2.05, 4.69) is 40.0 Å². The second-order valence-corrected chi connectivity index (χ2v) is 20.0. The Balaban J connectivity index is 0.000000212. The van der Waals surface area contributed by atoms with Gasteiger partial charge in [0.2, 0.25) is 17.7 Å². The number of nitrogens with zero attached hydrogens (tertiary/aromatic N) is 8. The first kappa shape index (κ1) is 68.4. The Morgan fingerprint density at radius 3 is 1.38 bits per heavy atom. The van der Waals surface area contributed by atoms with E-state index in [1.165, 1.54) is 24.5 Å². The van der Waals surface area contributed by atoms with Gasteiger partial charge >= 0.3 is 28.8 Å². The van der Waals surface area contributed by atoms with Crippen molar-refractivity contribution in [3.05, 3.63) is 266 Å². The molecule has 4 heterocycles. The lowest BCUT2D eigenvalue weighted by Gasteiger charge is -2.11. The highest BCUT2D eigenvalue weighted by atomic mass is 35.5. The molecular weight excluding hydrogens is 1260 g/mol. The number of benzene rings is 8. The van der Waals surface area contributed by atoms with Crippen molar-refractivity contribution in [2.45, 2.75) is 20.5 Å². The van der Waals surface area contributed by atoms with E-state index in [1.807, 2.05) is 170 Å². The summed E-state index contributed by atoms with van der Waals surface area (Å²) >= 11 is 11.6. The Kier molecular flexibility index (Phi) is 24.9. The SMILES string of the molecule is C.COc1ccc(CN)cc1.COc1ccc(CNc2ccc(Nc3ncc(Cl)c(-c4cn(-c5ccccc5)c5ccccc45)n3)cc2[N+](=O)[O-])cc1.O=S=O.O=S=O.O=[N+]([O-])c1cc(Nc2ncc(Cl)c(-c3cn(-c4ccccc4)c4ccccc34)n2)ccc1F. The smallest absolute Gasteiger partial charge is 0.335 e. The summed E-state index contributed by atoms with van der Waals surface area (Å²) in [6, 6.07) is 59.4. The van der Waals surface area contributed by atoms with Crippen LogP contribution in [0.5, 0.6) is 11.5 Å². The number of hydrogen-bond donors (Lipinski definition) is 4. The molecule has 0 unspecified atom stereocenters. The summed E-state index contributed by atoms with van der Waals surface area (Å²) in [5.74, 6) is 1.13. The molecule has 27 heteroatoms. The number of nitrogens with two attached hydrogens (primary N) is 1. The highest BCUT2D eigenvalue weighted by molar-refractivity contribution is 7.52. The van der Waals surface area contributed by atoms with E-state index in [1.54, 1.807) is 26.4 Å². The molecule has 0 radical (unpaired) electrons. The van der Waals surface area contributed by atoms with Gasteiger partial charge in [-0.05, 0) is 96.1 Å². The Hall–Kier alpha value is -11.1. The molecule has 92 heavy (non-hydrogen) atoms. The lowest BCUT2D eigenvalue weighted by atomic mass is 10.1. The van der Waals surface area contributed by atoms with Crippen molar-refractivity contribution in [2.75, 3.05) is 30.2 Å². The van der Waals surface area contributed by atoms with Crippen molar-refractivity contribution in [1.82, 2.24) is 29.1 Å². The number of nitrogens with one attached hydrogen (secondary N) is 3. The fraction of sp³-hybridized carbons (Fsp3) is 0.0769. The van der Waals surface area contributed by atoms with Crippen LogP contribution in [0.25, 0.3) is 55.7 Å². The van der Waals surface area contributed by atoms with Crippen molar-refractivity contribution in [3.8, 4) is 45.4 Å². The zero-order chi connectivity index (χ0) is 64.8. The average Bonchev–Trinajstić information content (AvgIpc) is 1.65. The van der Waals surface area contributed by atoms with E-state index >= 15 is 0 Å². The van der Waals surface area contributed by atoms with E-state index in [0.29, 0.717) is 45.9 Å². The van der Waals surface area contributed by atoms with E-state index in [4.69, 9.17) is 60.2 Å².